The summed E-state index contributed by atoms with van der Waals surface area (Å²) in [6.45, 7) is 0.491. The van der Waals surface area contributed by atoms with Gasteiger partial charge in [0.05, 0.1) is 14.2 Å². The van der Waals surface area contributed by atoms with E-state index < -0.39 is 5.82 Å². The van der Waals surface area contributed by atoms with Crippen LogP contribution in [0.4, 0.5) is 4.39 Å². The lowest BCUT2D eigenvalue weighted by Gasteiger charge is -2.12. The van der Waals surface area contributed by atoms with Gasteiger partial charge in [-0.05, 0) is 24.6 Å². The Morgan fingerprint density at radius 2 is 1.86 bits per heavy atom. The molecule has 0 spiro atoms. The largest absolute Gasteiger partial charge is 0.492 e. The van der Waals surface area contributed by atoms with E-state index in [2.05, 4.69) is 0 Å². The Morgan fingerprint density at radius 1 is 1.21 bits per heavy atom. The zero-order valence-electron chi connectivity index (χ0n) is 8.34. The van der Waals surface area contributed by atoms with E-state index in [0.717, 1.165) is 5.56 Å². The highest BCUT2D eigenvalue weighted by Gasteiger charge is 2.13. The molecule has 0 aliphatic carbocycles. The second kappa shape index (κ2) is 4.81. The van der Waals surface area contributed by atoms with Gasteiger partial charge >= 0.3 is 0 Å². The van der Waals surface area contributed by atoms with Crippen molar-refractivity contribution in [3.8, 4) is 11.5 Å². The highest BCUT2D eigenvalue weighted by molar-refractivity contribution is 5.47. The zero-order valence-corrected chi connectivity index (χ0v) is 8.34. The molecule has 0 amide bonds. The van der Waals surface area contributed by atoms with E-state index in [-0.39, 0.29) is 5.75 Å². The summed E-state index contributed by atoms with van der Waals surface area (Å²) in [5.41, 5.74) is 6.28. The predicted molar refractivity (Wildman–Crippen MR) is 52.3 cm³/mol. The quantitative estimate of drug-likeness (QED) is 0.796. The Morgan fingerprint density at radius 3 is 2.36 bits per heavy atom. The van der Waals surface area contributed by atoms with Gasteiger partial charge in [-0.1, -0.05) is 6.07 Å². The first-order chi connectivity index (χ1) is 6.74. The Balaban J connectivity index is 3.18. The van der Waals surface area contributed by atoms with Crippen molar-refractivity contribution < 1.29 is 13.9 Å². The van der Waals surface area contributed by atoms with Gasteiger partial charge in [0, 0.05) is 0 Å². The maximum Gasteiger partial charge on any atom is 0.197 e. The Hall–Kier alpha value is -1.29. The van der Waals surface area contributed by atoms with Gasteiger partial charge in [0.25, 0.3) is 0 Å². The monoisotopic (exact) mass is 199 g/mol. The first kappa shape index (κ1) is 10.8. The lowest BCUT2D eigenvalue weighted by Crippen LogP contribution is -2.05. The van der Waals surface area contributed by atoms with E-state index in [9.17, 15) is 4.39 Å². The van der Waals surface area contributed by atoms with Crippen LogP contribution in [0.5, 0.6) is 11.5 Å². The lowest BCUT2D eigenvalue weighted by molar-refractivity contribution is 0.334. The smallest absolute Gasteiger partial charge is 0.197 e. The molecule has 14 heavy (non-hydrogen) atoms. The molecule has 4 heteroatoms. The topological polar surface area (TPSA) is 44.5 Å². The number of methoxy groups -OCH3 is 2. The molecule has 1 aromatic rings. The number of hydrogen-bond acceptors (Lipinski definition) is 3. The molecule has 0 aliphatic rings. The molecule has 0 radical (unpaired) electrons. The molecule has 0 atom stereocenters. The molecule has 0 aromatic heterocycles. The number of halogens is 1. The summed E-state index contributed by atoms with van der Waals surface area (Å²) in [6.07, 6.45) is 0.639. The van der Waals surface area contributed by atoms with Crippen molar-refractivity contribution >= 4 is 0 Å². The van der Waals surface area contributed by atoms with Crippen molar-refractivity contribution in [2.45, 2.75) is 6.42 Å². The third kappa shape index (κ3) is 1.96. The zero-order chi connectivity index (χ0) is 10.6. The molecule has 0 fully saturated rings. The third-order valence-corrected chi connectivity index (χ3v) is 1.97. The van der Waals surface area contributed by atoms with Crippen LogP contribution in [-0.4, -0.2) is 20.8 Å². The van der Waals surface area contributed by atoms with Crippen molar-refractivity contribution in [3.63, 3.8) is 0 Å². The van der Waals surface area contributed by atoms with Gasteiger partial charge < -0.3 is 15.2 Å². The Labute approximate surface area is 82.6 Å². The van der Waals surface area contributed by atoms with Gasteiger partial charge in [-0.25, -0.2) is 4.39 Å². The lowest BCUT2D eigenvalue weighted by atomic mass is 10.1. The third-order valence-electron chi connectivity index (χ3n) is 1.97. The van der Waals surface area contributed by atoms with E-state index in [1.165, 1.54) is 20.3 Å². The molecular formula is C10H14FNO2. The first-order valence-electron chi connectivity index (χ1n) is 4.34. The van der Waals surface area contributed by atoms with E-state index in [4.69, 9.17) is 15.2 Å². The Bertz CT molecular complexity index is 315. The van der Waals surface area contributed by atoms with Crippen molar-refractivity contribution in [2.24, 2.45) is 5.73 Å². The summed E-state index contributed by atoms with van der Waals surface area (Å²) < 4.78 is 23.2. The minimum atomic E-state index is -0.426. The van der Waals surface area contributed by atoms with Crippen LogP contribution in [0.2, 0.25) is 0 Å². The average Bonchev–Trinajstić information content (AvgIpc) is 2.20. The number of benzene rings is 1. The summed E-state index contributed by atoms with van der Waals surface area (Å²) in [6, 6.07) is 3.01. The number of ether oxygens (including phenoxy) is 2. The van der Waals surface area contributed by atoms with Crippen molar-refractivity contribution in [2.75, 3.05) is 20.8 Å². The maximum absolute atomic E-state index is 13.2. The second-order valence-corrected chi connectivity index (χ2v) is 2.81. The van der Waals surface area contributed by atoms with Gasteiger partial charge in [0.15, 0.2) is 17.3 Å². The van der Waals surface area contributed by atoms with E-state index in [1.54, 1.807) is 6.07 Å². The summed E-state index contributed by atoms with van der Waals surface area (Å²) >= 11 is 0. The first-order valence-corrected chi connectivity index (χ1v) is 4.34. The van der Waals surface area contributed by atoms with E-state index in [0.29, 0.717) is 18.7 Å². The van der Waals surface area contributed by atoms with Crippen LogP contribution in [0.15, 0.2) is 12.1 Å². The molecule has 78 valence electrons. The summed E-state index contributed by atoms with van der Waals surface area (Å²) in [5, 5.41) is 0. The molecule has 3 nitrogen and oxygen atoms in total. The van der Waals surface area contributed by atoms with Gasteiger partial charge in [0.1, 0.15) is 0 Å². The summed E-state index contributed by atoms with van der Waals surface area (Å²) in [5.74, 6) is 0.140. The van der Waals surface area contributed by atoms with Crippen LogP contribution in [0.1, 0.15) is 5.56 Å². The van der Waals surface area contributed by atoms with Crippen molar-refractivity contribution in [3.05, 3.63) is 23.5 Å². The fraction of sp³-hybridized carbons (Fsp3) is 0.400. The maximum atomic E-state index is 13.2. The van der Waals surface area contributed by atoms with Crippen LogP contribution in [0.25, 0.3) is 0 Å². The highest BCUT2D eigenvalue weighted by atomic mass is 19.1. The van der Waals surface area contributed by atoms with Crippen LogP contribution in [0.3, 0.4) is 0 Å². The molecule has 0 bridgehead atoms. The molecule has 1 aromatic carbocycles. The van der Waals surface area contributed by atoms with E-state index in [1.807, 2.05) is 0 Å². The van der Waals surface area contributed by atoms with Gasteiger partial charge in [-0.3, -0.25) is 0 Å². The molecule has 0 aliphatic heterocycles. The molecule has 2 N–H and O–H groups in total. The fourth-order valence-electron chi connectivity index (χ4n) is 1.35. The second-order valence-electron chi connectivity index (χ2n) is 2.81. The highest BCUT2D eigenvalue weighted by Crippen LogP contribution is 2.33. The van der Waals surface area contributed by atoms with Crippen molar-refractivity contribution in [1.29, 1.82) is 0 Å². The number of nitrogens with two attached hydrogens (primary N) is 1. The molecule has 0 saturated carbocycles. The Kier molecular flexibility index (Phi) is 3.71. The molecular weight excluding hydrogens is 185 g/mol. The van der Waals surface area contributed by atoms with Crippen LogP contribution >= 0.6 is 0 Å². The van der Waals surface area contributed by atoms with Crippen LogP contribution in [0, 0.1) is 5.82 Å². The van der Waals surface area contributed by atoms with Gasteiger partial charge in [-0.2, -0.15) is 0 Å². The molecule has 1 rings (SSSR count). The van der Waals surface area contributed by atoms with Crippen molar-refractivity contribution in [1.82, 2.24) is 0 Å². The predicted octanol–water partition coefficient (Wildman–Crippen LogP) is 1.34. The SMILES string of the molecule is COc1c(F)ccc(CCN)c1OC. The van der Waals surface area contributed by atoms with E-state index >= 15 is 0 Å². The minimum absolute atomic E-state index is 0.137. The number of hydrogen-bond donors (Lipinski definition) is 1. The fourth-order valence-corrected chi connectivity index (χ4v) is 1.35. The molecule has 0 saturated heterocycles. The summed E-state index contributed by atoms with van der Waals surface area (Å²) in [4.78, 5) is 0. The molecule has 0 unspecified atom stereocenters. The standard InChI is InChI=1S/C10H14FNO2/c1-13-9-7(5-6-12)3-4-8(11)10(9)14-2/h3-4H,5-6,12H2,1-2H3. The van der Waals surface area contributed by atoms with Crippen LogP contribution < -0.4 is 15.2 Å². The van der Waals surface area contributed by atoms with Gasteiger partial charge in [-0.15, -0.1) is 0 Å². The molecule has 0 heterocycles. The number of rotatable bonds is 4. The summed E-state index contributed by atoms with van der Waals surface area (Å²) in [7, 11) is 2.89. The minimum Gasteiger partial charge on any atom is -0.492 e. The van der Waals surface area contributed by atoms with Crippen LogP contribution in [-0.2, 0) is 6.42 Å². The average molecular weight is 199 g/mol. The van der Waals surface area contributed by atoms with Gasteiger partial charge in [0.2, 0.25) is 0 Å². The normalized spacial score (nSPS) is 10.0.